The summed E-state index contributed by atoms with van der Waals surface area (Å²) in [6, 6.07) is 51.5. The number of hydrogen-bond donors (Lipinski definition) is 0. The molecule has 0 unspecified atom stereocenters. The van der Waals surface area contributed by atoms with Crippen molar-refractivity contribution >= 4 is 35.1 Å². The number of ether oxygens (including phenoxy) is 2. The van der Waals surface area contributed by atoms with Crippen molar-refractivity contribution in [2.24, 2.45) is 0 Å². The van der Waals surface area contributed by atoms with E-state index in [1.165, 1.54) is 15.9 Å². The summed E-state index contributed by atoms with van der Waals surface area (Å²) >= 11 is 0. The van der Waals surface area contributed by atoms with Crippen LogP contribution in [0.25, 0.3) is 0 Å². The van der Waals surface area contributed by atoms with Gasteiger partial charge < -0.3 is 26.5 Å². The Labute approximate surface area is 287 Å². The van der Waals surface area contributed by atoms with E-state index < -0.39 is 19.2 Å². The largest absolute Gasteiger partial charge is 1.00 e. The van der Waals surface area contributed by atoms with Gasteiger partial charge in [-0.05, 0) is 92.2 Å². The van der Waals surface area contributed by atoms with Crippen LogP contribution in [-0.2, 0) is 6.16 Å². The molecule has 0 aliphatic carbocycles. The molecule has 0 atom stereocenters. The highest BCUT2D eigenvalue weighted by molar-refractivity contribution is 7.95. The number of benzene rings is 6. The van der Waals surface area contributed by atoms with E-state index in [1.807, 2.05) is 68.4 Å². The topological polar surface area (TPSA) is 52.6 Å². The highest BCUT2D eigenvalue weighted by atomic mass is 79.9. The smallest absolute Gasteiger partial charge is 0.343 e. The number of hydrogen-bond acceptors (Lipinski definition) is 4. The quantitative estimate of drug-likeness (QED) is 0.118. The molecular formula is C41H34BrO4P. The minimum absolute atomic E-state index is 0. The van der Waals surface area contributed by atoms with Gasteiger partial charge in [0, 0.05) is 6.07 Å². The van der Waals surface area contributed by atoms with Crippen LogP contribution in [0.1, 0.15) is 37.4 Å². The van der Waals surface area contributed by atoms with Gasteiger partial charge in [0.15, 0.2) is 0 Å². The van der Waals surface area contributed by atoms with Crippen molar-refractivity contribution in [1.82, 2.24) is 0 Å². The second kappa shape index (κ2) is 15.2. The van der Waals surface area contributed by atoms with Crippen LogP contribution in [0.2, 0.25) is 0 Å². The molecule has 0 spiro atoms. The van der Waals surface area contributed by atoms with Crippen LogP contribution in [0.15, 0.2) is 158 Å². The number of rotatable bonds is 9. The molecule has 6 aromatic rings. The zero-order chi connectivity index (χ0) is 31.9. The Kier molecular flexibility index (Phi) is 10.8. The molecule has 0 aliphatic rings. The summed E-state index contributed by atoms with van der Waals surface area (Å²) < 4.78 is 11.9. The first-order chi connectivity index (χ1) is 22.4. The van der Waals surface area contributed by atoms with Crippen molar-refractivity contribution in [3.05, 3.63) is 186 Å². The van der Waals surface area contributed by atoms with Gasteiger partial charge in [-0.25, -0.2) is 9.59 Å². The highest BCUT2D eigenvalue weighted by Gasteiger charge is 2.45. The average Bonchev–Trinajstić information content (AvgIpc) is 3.09. The summed E-state index contributed by atoms with van der Waals surface area (Å²) in [5, 5.41) is 3.65. The van der Waals surface area contributed by atoms with E-state index in [0.29, 0.717) is 28.8 Å². The van der Waals surface area contributed by atoms with Gasteiger partial charge >= 0.3 is 11.9 Å². The van der Waals surface area contributed by atoms with Crippen LogP contribution in [0, 0.1) is 13.8 Å². The summed E-state index contributed by atoms with van der Waals surface area (Å²) in [6.45, 7) is 3.93. The van der Waals surface area contributed by atoms with Crippen molar-refractivity contribution in [2.45, 2.75) is 20.0 Å². The summed E-state index contributed by atoms with van der Waals surface area (Å²) in [7, 11) is -2.29. The Morgan fingerprint density at radius 2 is 0.830 bits per heavy atom. The summed E-state index contributed by atoms with van der Waals surface area (Å²) in [5.41, 5.74) is 3.85. The summed E-state index contributed by atoms with van der Waals surface area (Å²) in [5.74, 6) is -0.351. The number of aryl methyl sites for hydroxylation is 2. The second-order valence-electron chi connectivity index (χ2n) is 11.3. The first kappa shape index (κ1) is 33.5. The predicted molar refractivity (Wildman–Crippen MR) is 188 cm³/mol. The monoisotopic (exact) mass is 700 g/mol. The molecule has 6 rings (SSSR count). The fourth-order valence-electron chi connectivity index (χ4n) is 5.59. The molecule has 4 nitrogen and oxygen atoms in total. The molecule has 0 radical (unpaired) electrons. The zero-order valence-electron chi connectivity index (χ0n) is 26.2. The normalized spacial score (nSPS) is 10.9. The molecule has 6 aromatic carbocycles. The Bertz CT molecular complexity index is 1770. The van der Waals surface area contributed by atoms with Crippen molar-refractivity contribution < 1.29 is 36.0 Å². The van der Waals surface area contributed by atoms with Crippen LogP contribution in [0.5, 0.6) is 11.5 Å². The van der Waals surface area contributed by atoms with Crippen molar-refractivity contribution in [3.8, 4) is 11.5 Å². The fraction of sp³-hybridized carbons (Fsp3) is 0.0732. The van der Waals surface area contributed by atoms with Crippen LogP contribution in [0.4, 0.5) is 0 Å². The Balaban J connectivity index is 0.00000433. The van der Waals surface area contributed by atoms with Crippen LogP contribution in [0.3, 0.4) is 0 Å². The third-order valence-electron chi connectivity index (χ3n) is 7.95. The summed E-state index contributed by atoms with van der Waals surface area (Å²) in [6.07, 6.45) is 0.607. The molecule has 0 saturated carbocycles. The van der Waals surface area contributed by atoms with E-state index in [1.54, 1.807) is 30.3 Å². The van der Waals surface area contributed by atoms with Gasteiger partial charge in [-0.15, -0.1) is 0 Å². The van der Waals surface area contributed by atoms with Crippen LogP contribution >= 0.6 is 7.26 Å². The molecule has 0 amide bonds. The third-order valence-corrected chi connectivity index (χ3v) is 12.3. The van der Waals surface area contributed by atoms with Gasteiger partial charge in [0.2, 0.25) is 0 Å². The molecule has 234 valence electrons. The minimum atomic E-state index is -2.29. The molecule has 6 heteroatoms. The molecule has 0 bridgehead atoms. The number of esters is 2. The second-order valence-corrected chi connectivity index (χ2v) is 14.8. The van der Waals surface area contributed by atoms with Gasteiger partial charge in [-0.2, -0.15) is 0 Å². The van der Waals surface area contributed by atoms with Gasteiger partial charge in [-0.3, -0.25) is 0 Å². The standard InChI is InChI=1S/C41H34O4P.BrH/c1-30-18-22-33(23-19-30)40(42)44-35-26-32(27-36(28-35)45-41(43)34-24-20-31(2)21-25-34)29-46(37-12-6-3-7-13-37,38-14-8-4-9-15-38)39-16-10-5-11-17-39;/h3-28H,29H2,1-2H3;1H/q+1;/p-1. The number of carbonyl (C=O) groups is 2. The van der Waals surface area contributed by atoms with Gasteiger partial charge in [0.05, 0.1) is 17.3 Å². The van der Waals surface area contributed by atoms with E-state index in [4.69, 9.17) is 9.47 Å². The Morgan fingerprint density at radius 1 is 0.489 bits per heavy atom. The first-order valence-electron chi connectivity index (χ1n) is 15.2. The lowest BCUT2D eigenvalue weighted by Crippen LogP contribution is -3.00. The molecule has 0 aliphatic heterocycles. The van der Waals surface area contributed by atoms with Crippen LogP contribution in [-0.4, -0.2) is 11.9 Å². The Morgan fingerprint density at radius 3 is 1.17 bits per heavy atom. The van der Waals surface area contributed by atoms with Gasteiger partial charge in [-0.1, -0.05) is 90.0 Å². The molecular weight excluding hydrogens is 667 g/mol. The molecule has 0 fully saturated rings. The lowest BCUT2D eigenvalue weighted by atomic mass is 10.1. The van der Waals surface area contributed by atoms with Crippen molar-refractivity contribution in [2.75, 3.05) is 0 Å². The van der Waals surface area contributed by atoms with Crippen molar-refractivity contribution in [1.29, 1.82) is 0 Å². The van der Waals surface area contributed by atoms with E-state index in [0.717, 1.165) is 16.7 Å². The Hall–Kier alpha value is -4.83. The first-order valence-corrected chi connectivity index (χ1v) is 17.1. The molecule has 0 heterocycles. The van der Waals surface area contributed by atoms with Crippen LogP contribution < -0.4 is 42.4 Å². The van der Waals surface area contributed by atoms with Gasteiger partial charge in [0.25, 0.3) is 0 Å². The maximum absolute atomic E-state index is 13.3. The van der Waals surface area contributed by atoms with E-state index in [9.17, 15) is 9.59 Å². The van der Waals surface area contributed by atoms with E-state index >= 15 is 0 Å². The maximum atomic E-state index is 13.3. The van der Waals surface area contributed by atoms with E-state index in [2.05, 4.69) is 72.8 Å². The lowest BCUT2D eigenvalue weighted by Gasteiger charge is -2.28. The highest BCUT2D eigenvalue weighted by Crippen LogP contribution is 2.58. The summed E-state index contributed by atoms with van der Waals surface area (Å²) in [4.78, 5) is 26.5. The number of carbonyl (C=O) groups excluding carboxylic acids is 2. The lowest BCUT2D eigenvalue weighted by molar-refractivity contribution is -0.0000351. The minimum Gasteiger partial charge on any atom is -1.00 e. The third kappa shape index (κ3) is 7.77. The SMILES string of the molecule is Cc1ccc(C(=O)Oc2cc(C[P+](c3ccccc3)(c3ccccc3)c3ccccc3)cc(OC(=O)c3ccc(C)cc3)c2)cc1.[Br-]. The predicted octanol–water partition coefficient (Wildman–Crippen LogP) is 5.24. The molecule has 47 heavy (non-hydrogen) atoms. The number of halogens is 1. The average molecular weight is 702 g/mol. The maximum Gasteiger partial charge on any atom is 0.343 e. The van der Waals surface area contributed by atoms with E-state index in [-0.39, 0.29) is 17.0 Å². The molecule has 0 saturated heterocycles. The molecule has 0 aromatic heterocycles. The van der Waals surface area contributed by atoms with Crippen molar-refractivity contribution in [3.63, 3.8) is 0 Å². The zero-order valence-corrected chi connectivity index (χ0v) is 28.7. The fourth-order valence-corrected chi connectivity index (χ4v) is 9.81. The van der Waals surface area contributed by atoms with Gasteiger partial charge in [0.1, 0.15) is 34.7 Å². The molecule has 0 N–H and O–H groups in total.